The van der Waals surface area contributed by atoms with Crippen LogP contribution in [0, 0.1) is 12.7 Å². The maximum absolute atomic E-state index is 13.7. The minimum absolute atomic E-state index is 0.215. The molecule has 30 heavy (non-hydrogen) atoms. The highest BCUT2D eigenvalue weighted by atomic mass is 32.1. The Morgan fingerprint density at radius 3 is 2.70 bits per heavy atom. The monoisotopic (exact) mass is 423 g/mol. The molecular weight excluding hydrogens is 405 g/mol. The van der Waals surface area contributed by atoms with E-state index >= 15 is 0 Å². The highest BCUT2D eigenvalue weighted by molar-refractivity contribution is 7.17. The van der Waals surface area contributed by atoms with E-state index in [0.29, 0.717) is 21.5 Å². The van der Waals surface area contributed by atoms with Crippen LogP contribution in [0.2, 0.25) is 0 Å². The predicted molar refractivity (Wildman–Crippen MR) is 116 cm³/mol. The third kappa shape index (κ3) is 3.81. The summed E-state index contributed by atoms with van der Waals surface area (Å²) >= 11 is 1.29. The van der Waals surface area contributed by atoms with Crippen molar-refractivity contribution in [2.45, 2.75) is 13.5 Å². The van der Waals surface area contributed by atoms with Crippen molar-refractivity contribution in [3.05, 3.63) is 75.9 Å². The smallest absolute Gasteiger partial charge is 0.271 e. The number of carbonyl (C=O) groups excluding carboxylic acids is 1. The van der Waals surface area contributed by atoms with Crippen LogP contribution in [0.3, 0.4) is 0 Å². The van der Waals surface area contributed by atoms with E-state index in [-0.39, 0.29) is 12.1 Å². The molecule has 2 aromatic carbocycles. The van der Waals surface area contributed by atoms with Crippen molar-refractivity contribution in [3.63, 3.8) is 0 Å². The molecule has 1 N–H and O–H groups in total. The molecule has 0 spiro atoms. The van der Waals surface area contributed by atoms with Crippen LogP contribution < -0.4 is 15.6 Å². The number of carbonyl (C=O) groups is 1. The second-order valence-electron chi connectivity index (χ2n) is 6.75. The maximum atomic E-state index is 13.7. The number of thiophene rings is 1. The lowest BCUT2D eigenvalue weighted by Crippen LogP contribution is -2.27. The van der Waals surface area contributed by atoms with Crippen molar-refractivity contribution in [1.29, 1.82) is 0 Å². The summed E-state index contributed by atoms with van der Waals surface area (Å²) in [5, 5.41) is 4.48. The lowest BCUT2D eigenvalue weighted by molar-refractivity contribution is -0.116. The van der Waals surface area contributed by atoms with Crippen molar-refractivity contribution in [2.75, 3.05) is 12.4 Å². The molecule has 0 aliphatic rings. The zero-order valence-corrected chi connectivity index (χ0v) is 17.1. The van der Waals surface area contributed by atoms with Gasteiger partial charge in [-0.3, -0.25) is 14.2 Å². The number of anilines is 1. The number of aromatic nitrogens is 2. The molecule has 0 saturated heterocycles. The van der Waals surface area contributed by atoms with Gasteiger partial charge in [-0.2, -0.15) is 0 Å². The van der Waals surface area contributed by atoms with E-state index in [1.54, 1.807) is 26.2 Å². The fourth-order valence-electron chi connectivity index (χ4n) is 3.06. The van der Waals surface area contributed by atoms with Gasteiger partial charge in [-0.15, -0.1) is 11.3 Å². The predicted octanol–water partition coefficient (Wildman–Crippen LogP) is 4.22. The van der Waals surface area contributed by atoms with Gasteiger partial charge in [0.15, 0.2) is 0 Å². The zero-order chi connectivity index (χ0) is 21.3. The molecule has 6 nitrogen and oxygen atoms in total. The lowest BCUT2D eigenvalue weighted by atomic mass is 10.1. The Balaban J connectivity index is 1.58. The molecular formula is C22H18FN3O3S. The normalized spacial score (nSPS) is 10.9. The van der Waals surface area contributed by atoms with Gasteiger partial charge in [0.05, 0.1) is 19.0 Å². The molecule has 0 fully saturated rings. The summed E-state index contributed by atoms with van der Waals surface area (Å²) in [4.78, 5) is 29.6. The van der Waals surface area contributed by atoms with Crippen LogP contribution in [0.25, 0.3) is 21.3 Å². The average molecular weight is 423 g/mol. The van der Waals surface area contributed by atoms with Crippen molar-refractivity contribution in [2.24, 2.45) is 0 Å². The Morgan fingerprint density at radius 1 is 1.23 bits per heavy atom. The van der Waals surface area contributed by atoms with Crippen LogP contribution in [0.4, 0.5) is 10.1 Å². The fraction of sp³-hybridized carbons (Fsp3) is 0.136. The van der Waals surface area contributed by atoms with Gasteiger partial charge in [0.25, 0.3) is 5.56 Å². The highest BCUT2D eigenvalue weighted by Crippen LogP contribution is 2.31. The van der Waals surface area contributed by atoms with Crippen LogP contribution in [-0.4, -0.2) is 22.6 Å². The third-order valence-electron chi connectivity index (χ3n) is 4.72. The second-order valence-corrected chi connectivity index (χ2v) is 7.63. The lowest BCUT2D eigenvalue weighted by Gasteiger charge is -2.08. The van der Waals surface area contributed by atoms with E-state index in [4.69, 9.17) is 4.74 Å². The summed E-state index contributed by atoms with van der Waals surface area (Å²) in [6.45, 7) is 1.43. The van der Waals surface area contributed by atoms with Crippen LogP contribution >= 0.6 is 11.3 Å². The van der Waals surface area contributed by atoms with Crippen molar-refractivity contribution in [3.8, 4) is 16.9 Å². The summed E-state index contributed by atoms with van der Waals surface area (Å²) < 4.78 is 20.5. The molecule has 0 unspecified atom stereocenters. The maximum Gasteiger partial charge on any atom is 0.271 e. The number of fused-ring (bicyclic) bond motifs is 1. The Morgan fingerprint density at radius 2 is 2.00 bits per heavy atom. The number of amides is 1. The van der Waals surface area contributed by atoms with Gasteiger partial charge in [0.1, 0.15) is 22.8 Å². The Hall–Kier alpha value is -3.52. The molecule has 4 rings (SSSR count). The minimum Gasteiger partial charge on any atom is -0.497 e. The fourth-order valence-corrected chi connectivity index (χ4v) is 4.03. The highest BCUT2D eigenvalue weighted by Gasteiger charge is 2.14. The largest absolute Gasteiger partial charge is 0.497 e. The first-order valence-corrected chi connectivity index (χ1v) is 10.0. The van der Waals surface area contributed by atoms with Crippen LogP contribution in [0.1, 0.15) is 5.56 Å². The van der Waals surface area contributed by atoms with Crippen molar-refractivity contribution >= 4 is 33.1 Å². The van der Waals surface area contributed by atoms with Crippen LogP contribution in [-0.2, 0) is 11.3 Å². The number of nitrogens with one attached hydrogen (secondary N) is 1. The molecule has 0 saturated carbocycles. The number of nitrogens with zero attached hydrogens (tertiary/aromatic N) is 2. The van der Waals surface area contributed by atoms with Gasteiger partial charge in [0, 0.05) is 16.6 Å². The van der Waals surface area contributed by atoms with Crippen LogP contribution in [0.5, 0.6) is 5.75 Å². The average Bonchev–Trinajstić information content (AvgIpc) is 3.18. The number of halogens is 1. The van der Waals surface area contributed by atoms with Gasteiger partial charge >= 0.3 is 0 Å². The van der Waals surface area contributed by atoms with Gasteiger partial charge < -0.3 is 10.1 Å². The van der Waals surface area contributed by atoms with Gasteiger partial charge in [-0.25, -0.2) is 9.37 Å². The first-order chi connectivity index (χ1) is 14.5. The molecule has 0 aliphatic carbocycles. The molecule has 0 bridgehead atoms. The summed E-state index contributed by atoms with van der Waals surface area (Å²) in [7, 11) is 1.60. The van der Waals surface area contributed by atoms with E-state index in [1.165, 1.54) is 28.3 Å². The third-order valence-corrected chi connectivity index (χ3v) is 5.67. The van der Waals surface area contributed by atoms with Gasteiger partial charge in [0.2, 0.25) is 5.91 Å². The quantitative estimate of drug-likeness (QED) is 0.522. The molecule has 8 heteroatoms. The standard InChI is InChI=1S/C22H18FN3O3S/c1-13-3-6-15(9-18(13)23)25-19(27)10-26-12-24-20-17(11-30-21(20)22(26)28)14-4-7-16(29-2)8-5-14/h3-9,11-12H,10H2,1-2H3,(H,25,27). The van der Waals surface area contributed by atoms with Gasteiger partial charge in [-0.1, -0.05) is 18.2 Å². The van der Waals surface area contributed by atoms with E-state index in [2.05, 4.69) is 10.3 Å². The molecule has 0 aliphatic heterocycles. The summed E-state index contributed by atoms with van der Waals surface area (Å²) in [5.74, 6) is -0.0980. The molecule has 2 heterocycles. The molecule has 2 aromatic heterocycles. The number of ether oxygens (including phenoxy) is 1. The second kappa shape index (κ2) is 8.08. The van der Waals surface area contributed by atoms with E-state index in [9.17, 15) is 14.0 Å². The van der Waals surface area contributed by atoms with E-state index in [1.807, 2.05) is 29.6 Å². The van der Waals surface area contributed by atoms with E-state index in [0.717, 1.165) is 16.9 Å². The van der Waals surface area contributed by atoms with Gasteiger partial charge in [-0.05, 0) is 42.3 Å². The number of methoxy groups -OCH3 is 1. The van der Waals surface area contributed by atoms with Crippen molar-refractivity contribution < 1.29 is 13.9 Å². The Labute approximate surface area is 175 Å². The molecule has 0 atom stereocenters. The number of benzene rings is 2. The Kier molecular flexibility index (Phi) is 5.33. The molecule has 0 radical (unpaired) electrons. The number of aryl methyl sites for hydroxylation is 1. The molecule has 1 amide bonds. The summed E-state index contributed by atoms with van der Waals surface area (Å²) in [6.07, 6.45) is 1.36. The number of rotatable bonds is 5. The topological polar surface area (TPSA) is 73.2 Å². The number of hydrogen-bond donors (Lipinski definition) is 1. The summed E-state index contributed by atoms with van der Waals surface area (Å²) in [6, 6.07) is 11.9. The summed E-state index contributed by atoms with van der Waals surface area (Å²) in [5.41, 5.74) is 2.89. The van der Waals surface area contributed by atoms with Crippen LogP contribution in [0.15, 0.2) is 59.0 Å². The Bertz CT molecular complexity index is 1300. The van der Waals surface area contributed by atoms with E-state index < -0.39 is 11.7 Å². The van der Waals surface area contributed by atoms with Crippen molar-refractivity contribution in [1.82, 2.24) is 9.55 Å². The SMILES string of the molecule is COc1ccc(-c2csc3c(=O)n(CC(=O)Nc4ccc(C)c(F)c4)cnc23)cc1. The number of hydrogen-bond acceptors (Lipinski definition) is 5. The molecule has 4 aromatic rings. The first-order valence-electron chi connectivity index (χ1n) is 9.13. The zero-order valence-electron chi connectivity index (χ0n) is 16.3. The minimum atomic E-state index is -0.437. The first kappa shape index (κ1) is 19.8. The molecule has 152 valence electrons.